The van der Waals surface area contributed by atoms with Gasteiger partial charge in [0.25, 0.3) is 0 Å². The highest BCUT2D eigenvalue weighted by Gasteiger charge is 2.25. The fourth-order valence-electron chi connectivity index (χ4n) is 1.91. The Morgan fingerprint density at radius 2 is 2.39 bits per heavy atom. The van der Waals surface area contributed by atoms with E-state index in [4.69, 9.17) is 15.2 Å². The number of thioether (sulfide) groups is 1. The van der Waals surface area contributed by atoms with Crippen LogP contribution in [0.2, 0.25) is 0 Å². The normalized spacial score (nSPS) is 23.9. The molecule has 0 amide bonds. The number of hydrogen-bond acceptors (Lipinski definition) is 7. The molecule has 0 bridgehead atoms. The number of aromatic nitrogens is 2. The molecule has 0 saturated carbocycles. The lowest BCUT2D eigenvalue weighted by atomic mass is 10.1. The smallest absolute Gasteiger partial charge is 0.191 e. The van der Waals surface area contributed by atoms with Gasteiger partial charge in [-0.25, -0.2) is 9.97 Å². The minimum absolute atomic E-state index is 0.0349. The monoisotopic (exact) mass is 270 g/mol. The lowest BCUT2D eigenvalue weighted by molar-refractivity contribution is -0.0367. The molecule has 1 aliphatic heterocycles. The van der Waals surface area contributed by atoms with Crippen LogP contribution in [0.4, 0.5) is 11.6 Å². The van der Waals surface area contributed by atoms with Crippen LogP contribution in [-0.4, -0.2) is 48.7 Å². The number of methoxy groups -OCH3 is 1. The molecule has 0 radical (unpaired) electrons. The number of nitrogens with one attached hydrogen (secondary N) is 1. The zero-order valence-corrected chi connectivity index (χ0v) is 11.4. The molecular formula is C11H18N4O2S. The Balaban J connectivity index is 2.09. The zero-order valence-electron chi connectivity index (χ0n) is 10.5. The number of hydrogen-bond donors (Lipinski definition) is 2. The quantitative estimate of drug-likeness (QED) is 0.623. The van der Waals surface area contributed by atoms with Crippen LogP contribution in [0.5, 0.6) is 0 Å². The van der Waals surface area contributed by atoms with Gasteiger partial charge in [-0.1, -0.05) is 11.8 Å². The van der Waals surface area contributed by atoms with E-state index in [1.165, 1.54) is 11.8 Å². The van der Waals surface area contributed by atoms with Gasteiger partial charge in [-0.15, -0.1) is 0 Å². The first-order chi connectivity index (χ1) is 8.72. The van der Waals surface area contributed by atoms with E-state index in [-0.39, 0.29) is 12.1 Å². The van der Waals surface area contributed by atoms with Gasteiger partial charge >= 0.3 is 0 Å². The van der Waals surface area contributed by atoms with Crippen molar-refractivity contribution in [2.45, 2.75) is 23.7 Å². The fraction of sp³-hybridized carbons (Fsp3) is 0.636. The SMILES string of the molecule is CO[C@H]1COCC[C@@H]1Nc1cc(N)nc(SC)n1. The Bertz CT molecular complexity index is 405. The summed E-state index contributed by atoms with van der Waals surface area (Å²) >= 11 is 1.47. The van der Waals surface area contributed by atoms with E-state index < -0.39 is 0 Å². The molecule has 1 aromatic rings. The first-order valence-corrected chi connectivity index (χ1v) is 7.01. The third-order valence-corrected chi connectivity index (χ3v) is 3.40. The zero-order chi connectivity index (χ0) is 13.0. The molecule has 2 heterocycles. The highest BCUT2D eigenvalue weighted by atomic mass is 32.2. The average molecular weight is 270 g/mol. The first kappa shape index (κ1) is 13.4. The number of nitrogens with zero attached hydrogens (tertiary/aromatic N) is 2. The molecule has 0 aliphatic carbocycles. The van der Waals surface area contributed by atoms with Crippen LogP contribution < -0.4 is 11.1 Å². The summed E-state index contributed by atoms with van der Waals surface area (Å²) in [6, 6.07) is 1.93. The lowest BCUT2D eigenvalue weighted by Crippen LogP contribution is -2.43. The molecule has 100 valence electrons. The van der Waals surface area contributed by atoms with Crippen molar-refractivity contribution in [3.63, 3.8) is 0 Å². The van der Waals surface area contributed by atoms with E-state index in [9.17, 15) is 0 Å². The molecule has 6 nitrogen and oxygen atoms in total. The molecule has 2 atom stereocenters. The molecular weight excluding hydrogens is 252 g/mol. The van der Waals surface area contributed by atoms with E-state index in [0.717, 1.165) is 18.8 Å². The van der Waals surface area contributed by atoms with Crippen LogP contribution >= 0.6 is 11.8 Å². The topological polar surface area (TPSA) is 82.3 Å². The second-order valence-corrected chi connectivity index (χ2v) is 4.83. The number of ether oxygens (including phenoxy) is 2. The molecule has 1 aliphatic rings. The summed E-state index contributed by atoms with van der Waals surface area (Å²) < 4.78 is 10.8. The van der Waals surface area contributed by atoms with Gasteiger partial charge in [0.15, 0.2) is 5.16 Å². The standard InChI is InChI=1S/C11H18N4O2S/c1-16-8-6-17-4-3-7(8)13-10-5-9(12)14-11(15-10)18-2/h5,7-8H,3-4,6H2,1-2H3,(H3,12,13,14,15)/t7-,8-/m0/s1. The van der Waals surface area contributed by atoms with Crippen LogP contribution in [-0.2, 0) is 9.47 Å². The summed E-state index contributed by atoms with van der Waals surface area (Å²) in [6.45, 7) is 1.33. The molecule has 0 spiro atoms. The second kappa shape index (κ2) is 6.21. The predicted molar refractivity (Wildman–Crippen MR) is 71.9 cm³/mol. The molecule has 3 N–H and O–H groups in total. The number of rotatable bonds is 4. The van der Waals surface area contributed by atoms with Crippen LogP contribution in [0.1, 0.15) is 6.42 Å². The van der Waals surface area contributed by atoms with E-state index in [1.807, 2.05) is 6.26 Å². The van der Waals surface area contributed by atoms with Gasteiger partial charge in [-0.3, -0.25) is 0 Å². The van der Waals surface area contributed by atoms with Crippen molar-refractivity contribution in [3.05, 3.63) is 6.07 Å². The van der Waals surface area contributed by atoms with E-state index in [0.29, 0.717) is 17.6 Å². The summed E-state index contributed by atoms with van der Waals surface area (Å²) in [5.41, 5.74) is 5.75. The van der Waals surface area contributed by atoms with Crippen LogP contribution in [0, 0.1) is 0 Å². The first-order valence-electron chi connectivity index (χ1n) is 5.78. The highest BCUT2D eigenvalue weighted by Crippen LogP contribution is 2.19. The minimum Gasteiger partial charge on any atom is -0.383 e. The average Bonchev–Trinajstić information content (AvgIpc) is 2.38. The van der Waals surface area contributed by atoms with Gasteiger partial charge in [0.05, 0.1) is 12.6 Å². The third kappa shape index (κ3) is 3.24. The lowest BCUT2D eigenvalue weighted by Gasteiger charge is -2.31. The van der Waals surface area contributed by atoms with E-state index >= 15 is 0 Å². The summed E-state index contributed by atoms with van der Waals surface area (Å²) in [5.74, 6) is 1.21. The largest absolute Gasteiger partial charge is 0.383 e. The van der Waals surface area contributed by atoms with Crippen molar-refractivity contribution in [2.75, 3.05) is 37.6 Å². The molecule has 0 unspecified atom stereocenters. The number of anilines is 2. The Kier molecular flexibility index (Phi) is 4.62. The maximum atomic E-state index is 5.75. The predicted octanol–water partition coefficient (Wildman–Crippen LogP) is 0.996. The molecule has 7 heteroatoms. The maximum Gasteiger partial charge on any atom is 0.191 e. The van der Waals surface area contributed by atoms with Crippen molar-refractivity contribution in [3.8, 4) is 0 Å². The summed E-state index contributed by atoms with van der Waals surface area (Å²) in [5, 5.41) is 4.01. The number of nitrogens with two attached hydrogens (primary N) is 1. The second-order valence-electron chi connectivity index (χ2n) is 4.05. The molecule has 18 heavy (non-hydrogen) atoms. The fourth-order valence-corrected chi connectivity index (χ4v) is 2.29. The Morgan fingerprint density at radius 1 is 1.56 bits per heavy atom. The van der Waals surface area contributed by atoms with Crippen molar-refractivity contribution >= 4 is 23.4 Å². The van der Waals surface area contributed by atoms with Crippen molar-refractivity contribution in [2.24, 2.45) is 0 Å². The van der Waals surface area contributed by atoms with Gasteiger partial charge < -0.3 is 20.5 Å². The van der Waals surface area contributed by atoms with Crippen LogP contribution in [0.15, 0.2) is 11.2 Å². The maximum absolute atomic E-state index is 5.75. The van der Waals surface area contributed by atoms with Crippen LogP contribution in [0.3, 0.4) is 0 Å². The number of nitrogen functional groups attached to an aromatic ring is 1. The molecule has 0 aromatic carbocycles. The van der Waals surface area contributed by atoms with Crippen molar-refractivity contribution < 1.29 is 9.47 Å². The van der Waals surface area contributed by atoms with Gasteiger partial charge in [0.1, 0.15) is 17.7 Å². The van der Waals surface area contributed by atoms with Gasteiger partial charge in [0, 0.05) is 19.8 Å². The Hall–Kier alpha value is -1.05. The molecule has 1 saturated heterocycles. The highest BCUT2D eigenvalue weighted by molar-refractivity contribution is 7.98. The summed E-state index contributed by atoms with van der Waals surface area (Å²) in [4.78, 5) is 8.50. The Labute approximate surface area is 111 Å². The van der Waals surface area contributed by atoms with Crippen LogP contribution in [0.25, 0.3) is 0 Å². The third-order valence-electron chi connectivity index (χ3n) is 2.85. The van der Waals surface area contributed by atoms with E-state index in [2.05, 4.69) is 15.3 Å². The van der Waals surface area contributed by atoms with Gasteiger partial charge in [-0.2, -0.15) is 0 Å². The summed E-state index contributed by atoms with van der Waals surface area (Å²) in [7, 11) is 1.69. The molecule has 2 rings (SSSR count). The minimum atomic E-state index is 0.0349. The van der Waals surface area contributed by atoms with Crippen molar-refractivity contribution in [1.82, 2.24) is 9.97 Å². The summed E-state index contributed by atoms with van der Waals surface area (Å²) in [6.07, 6.45) is 2.84. The van der Waals surface area contributed by atoms with Gasteiger partial charge in [-0.05, 0) is 12.7 Å². The van der Waals surface area contributed by atoms with E-state index in [1.54, 1.807) is 13.2 Å². The van der Waals surface area contributed by atoms with Crippen molar-refractivity contribution in [1.29, 1.82) is 0 Å². The Morgan fingerprint density at radius 3 is 3.11 bits per heavy atom. The molecule has 1 fully saturated rings. The molecule has 1 aromatic heterocycles. The van der Waals surface area contributed by atoms with Gasteiger partial charge in [0.2, 0.25) is 0 Å².